The molecule has 0 spiro atoms. The summed E-state index contributed by atoms with van der Waals surface area (Å²) in [6.07, 6.45) is 1.46. The van der Waals surface area contributed by atoms with Gasteiger partial charge in [-0.25, -0.2) is 9.07 Å². The first-order valence-corrected chi connectivity index (χ1v) is 8.99. The van der Waals surface area contributed by atoms with Crippen molar-refractivity contribution in [1.82, 2.24) is 19.5 Å². The Morgan fingerprint density at radius 1 is 1.15 bits per heavy atom. The van der Waals surface area contributed by atoms with E-state index in [1.165, 1.54) is 18.5 Å². The second kappa shape index (κ2) is 6.96. The number of fused-ring (bicyclic) bond motifs is 3. The minimum atomic E-state index is -0.412. The van der Waals surface area contributed by atoms with Crippen molar-refractivity contribution in [3.8, 4) is 0 Å². The summed E-state index contributed by atoms with van der Waals surface area (Å²) < 4.78 is 17.0. The first-order valence-electron chi connectivity index (χ1n) is 8.19. The largest absolute Gasteiger partial charge is 0.350 e. The summed E-state index contributed by atoms with van der Waals surface area (Å²) in [6.45, 7) is 0.140. The molecular weight excluding hydrogens is 415 g/mol. The SMILES string of the molecule is O=C(Cn1ncn2c(cc3cc(F)ccc32)c1=O)NCc1ccccc1Br. The van der Waals surface area contributed by atoms with E-state index in [1.54, 1.807) is 16.5 Å². The lowest BCUT2D eigenvalue weighted by atomic mass is 10.2. The smallest absolute Gasteiger partial charge is 0.291 e. The molecule has 0 fully saturated rings. The van der Waals surface area contributed by atoms with Crippen molar-refractivity contribution >= 4 is 38.3 Å². The Bertz CT molecular complexity index is 1230. The minimum absolute atomic E-state index is 0.199. The van der Waals surface area contributed by atoms with E-state index in [-0.39, 0.29) is 18.3 Å². The van der Waals surface area contributed by atoms with Gasteiger partial charge in [-0.15, -0.1) is 0 Å². The molecule has 0 unspecified atom stereocenters. The molecule has 0 aliphatic carbocycles. The lowest BCUT2D eigenvalue weighted by Gasteiger charge is -2.08. The van der Waals surface area contributed by atoms with Crippen LogP contribution in [0.2, 0.25) is 0 Å². The maximum Gasteiger partial charge on any atom is 0.291 e. The number of benzene rings is 2. The highest BCUT2D eigenvalue weighted by Crippen LogP contribution is 2.18. The van der Waals surface area contributed by atoms with Gasteiger partial charge >= 0.3 is 0 Å². The fourth-order valence-corrected chi connectivity index (χ4v) is 3.36. The van der Waals surface area contributed by atoms with Crippen LogP contribution in [-0.2, 0) is 17.9 Å². The second-order valence-electron chi connectivity index (χ2n) is 6.06. The zero-order chi connectivity index (χ0) is 19.0. The molecule has 2 aromatic heterocycles. The highest BCUT2D eigenvalue weighted by molar-refractivity contribution is 9.10. The molecule has 8 heteroatoms. The molecule has 1 amide bonds. The van der Waals surface area contributed by atoms with E-state index < -0.39 is 5.56 Å². The number of hydrogen-bond acceptors (Lipinski definition) is 3. The minimum Gasteiger partial charge on any atom is -0.350 e. The molecule has 4 rings (SSSR count). The Kier molecular flexibility index (Phi) is 4.49. The molecule has 0 aliphatic heterocycles. The topological polar surface area (TPSA) is 68.4 Å². The molecule has 2 heterocycles. The predicted octanol–water partition coefficient (Wildman–Crippen LogP) is 2.87. The van der Waals surface area contributed by atoms with E-state index in [0.717, 1.165) is 14.7 Å². The monoisotopic (exact) mass is 428 g/mol. The third-order valence-corrected chi connectivity index (χ3v) is 5.06. The second-order valence-corrected chi connectivity index (χ2v) is 6.92. The van der Waals surface area contributed by atoms with E-state index in [1.807, 2.05) is 24.3 Å². The van der Waals surface area contributed by atoms with Crippen LogP contribution in [0.4, 0.5) is 4.39 Å². The number of hydrogen-bond donors (Lipinski definition) is 1. The fourth-order valence-electron chi connectivity index (χ4n) is 2.93. The number of amides is 1. The van der Waals surface area contributed by atoms with Crippen LogP contribution in [0.15, 0.2) is 64.1 Å². The van der Waals surface area contributed by atoms with E-state index in [2.05, 4.69) is 26.3 Å². The van der Waals surface area contributed by atoms with Crippen molar-refractivity contribution < 1.29 is 9.18 Å². The molecule has 0 aliphatic rings. The van der Waals surface area contributed by atoms with E-state index in [4.69, 9.17) is 0 Å². The number of halogens is 2. The maximum atomic E-state index is 13.4. The van der Waals surface area contributed by atoms with Gasteiger partial charge in [0, 0.05) is 16.4 Å². The van der Waals surface area contributed by atoms with E-state index in [9.17, 15) is 14.0 Å². The molecule has 0 radical (unpaired) electrons. The summed E-state index contributed by atoms with van der Waals surface area (Å²) in [5, 5.41) is 7.44. The quantitative estimate of drug-likeness (QED) is 0.543. The molecule has 0 saturated heterocycles. The van der Waals surface area contributed by atoms with Crippen molar-refractivity contribution in [2.24, 2.45) is 0 Å². The first kappa shape index (κ1) is 17.4. The van der Waals surface area contributed by atoms with Gasteiger partial charge in [-0.3, -0.25) is 14.0 Å². The molecule has 1 N–H and O–H groups in total. The Morgan fingerprint density at radius 3 is 2.78 bits per heavy atom. The van der Waals surface area contributed by atoms with Crippen LogP contribution in [0, 0.1) is 5.82 Å². The van der Waals surface area contributed by atoms with Crippen molar-refractivity contribution in [2.75, 3.05) is 0 Å². The highest BCUT2D eigenvalue weighted by Gasteiger charge is 2.12. The summed E-state index contributed by atoms with van der Waals surface area (Å²) >= 11 is 3.43. The van der Waals surface area contributed by atoms with Crippen LogP contribution in [0.1, 0.15) is 5.56 Å². The van der Waals surface area contributed by atoms with Crippen LogP contribution >= 0.6 is 15.9 Å². The molecule has 6 nitrogen and oxygen atoms in total. The third kappa shape index (κ3) is 3.35. The van der Waals surface area contributed by atoms with Crippen molar-refractivity contribution in [3.63, 3.8) is 0 Å². The molecule has 0 bridgehead atoms. The highest BCUT2D eigenvalue weighted by atomic mass is 79.9. The van der Waals surface area contributed by atoms with Gasteiger partial charge < -0.3 is 5.32 Å². The average Bonchev–Trinajstić information content (AvgIpc) is 3.02. The fraction of sp³-hybridized carbons (Fsp3) is 0.105. The van der Waals surface area contributed by atoms with E-state index >= 15 is 0 Å². The lowest BCUT2D eigenvalue weighted by Crippen LogP contribution is -2.34. The van der Waals surface area contributed by atoms with Crippen LogP contribution in [0.5, 0.6) is 0 Å². The number of rotatable bonds is 4. The summed E-state index contributed by atoms with van der Waals surface area (Å²) in [4.78, 5) is 24.9. The summed E-state index contributed by atoms with van der Waals surface area (Å²) in [5.41, 5.74) is 1.54. The number of nitrogens with zero attached hydrogens (tertiary/aromatic N) is 3. The van der Waals surface area contributed by atoms with Crippen molar-refractivity contribution in [2.45, 2.75) is 13.1 Å². The number of nitrogens with one attached hydrogen (secondary N) is 1. The summed E-state index contributed by atoms with van der Waals surface area (Å²) in [5.74, 6) is -0.704. The molecule has 0 saturated carbocycles. The van der Waals surface area contributed by atoms with Gasteiger partial charge in [0.1, 0.15) is 24.2 Å². The van der Waals surface area contributed by atoms with Gasteiger partial charge in [0.05, 0.1) is 5.52 Å². The Balaban J connectivity index is 1.57. The van der Waals surface area contributed by atoms with Gasteiger partial charge in [0.15, 0.2) is 0 Å². The van der Waals surface area contributed by atoms with Gasteiger partial charge in [0.2, 0.25) is 5.91 Å². The van der Waals surface area contributed by atoms with Crippen LogP contribution in [0.3, 0.4) is 0 Å². The molecular formula is C19H14BrFN4O2. The lowest BCUT2D eigenvalue weighted by molar-refractivity contribution is -0.122. The molecule has 2 aromatic carbocycles. The zero-order valence-corrected chi connectivity index (χ0v) is 15.6. The zero-order valence-electron chi connectivity index (χ0n) is 14.0. The molecule has 136 valence electrons. The van der Waals surface area contributed by atoms with E-state index in [0.29, 0.717) is 23.0 Å². The summed E-state index contributed by atoms with van der Waals surface area (Å²) in [6, 6.07) is 13.4. The van der Waals surface area contributed by atoms with Gasteiger partial charge in [-0.1, -0.05) is 34.1 Å². The third-order valence-electron chi connectivity index (χ3n) is 4.29. The van der Waals surface area contributed by atoms with Crippen LogP contribution in [-0.4, -0.2) is 20.1 Å². The van der Waals surface area contributed by atoms with Gasteiger partial charge in [-0.2, -0.15) is 5.10 Å². The van der Waals surface area contributed by atoms with Crippen LogP contribution in [0.25, 0.3) is 16.4 Å². The maximum absolute atomic E-state index is 13.4. The molecule has 0 atom stereocenters. The Morgan fingerprint density at radius 2 is 1.96 bits per heavy atom. The van der Waals surface area contributed by atoms with Gasteiger partial charge in [0.25, 0.3) is 5.56 Å². The van der Waals surface area contributed by atoms with Crippen molar-refractivity contribution in [1.29, 1.82) is 0 Å². The normalized spacial score (nSPS) is 11.2. The standard InChI is InChI=1S/C19H14BrFN4O2/c20-15-4-2-1-3-12(15)9-22-18(26)10-25-19(27)17-8-13-7-14(21)5-6-16(13)24(17)11-23-25/h1-8,11H,9-10H2,(H,22,26). The van der Waals surface area contributed by atoms with Crippen LogP contribution < -0.4 is 10.9 Å². The Labute approximate surface area is 161 Å². The summed E-state index contributed by atoms with van der Waals surface area (Å²) in [7, 11) is 0. The molecule has 4 aromatic rings. The number of carbonyl (C=O) groups excluding carboxylic acids is 1. The average molecular weight is 429 g/mol. The number of aromatic nitrogens is 3. The van der Waals surface area contributed by atoms with Crippen molar-refractivity contribution in [3.05, 3.63) is 81.1 Å². The Hall–Kier alpha value is -3.00. The van der Waals surface area contributed by atoms with Gasteiger partial charge in [-0.05, 0) is 35.9 Å². The number of carbonyl (C=O) groups is 1. The predicted molar refractivity (Wildman–Crippen MR) is 103 cm³/mol. The first-order chi connectivity index (χ1) is 13.0. The molecule has 27 heavy (non-hydrogen) atoms.